The molecule has 0 aromatic heterocycles. The van der Waals surface area contributed by atoms with Crippen LogP contribution < -0.4 is 11.1 Å². The predicted octanol–water partition coefficient (Wildman–Crippen LogP) is 2.66. The zero-order chi connectivity index (χ0) is 14.5. The van der Waals surface area contributed by atoms with Crippen molar-refractivity contribution in [1.82, 2.24) is 0 Å². The second-order valence-electron chi connectivity index (χ2n) is 4.15. The maximum absolute atomic E-state index is 11.0. The van der Waals surface area contributed by atoms with Crippen LogP contribution in [0.3, 0.4) is 0 Å². The highest BCUT2D eigenvalue weighted by Crippen LogP contribution is 2.26. The monoisotopic (exact) mass is 268 g/mol. The molecule has 100 valence electrons. The van der Waals surface area contributed by atoms with Crippen molar-refractivity contribution in [2.75, 3.05) is 11.1 Å². The standard InChI is InChI=1S/C14H12N4O2/c15-8-10-5-6-13(14(7-10)18(19)20)17-9-11-3-1-2-4-12(11)16/h1-7,17H,9,16H2. The topological polar surface area (TPSA) is 105 Å². The van der Waals surface area contributed by atoms with Crippen LogP contribution >= 0.6 is 0 Å². The fraction of sp³-hybridized carbons (Fsp3) is 0.0714. The van der Waals surface area contributed by atoms with Gasteiger partial charge in [-0.25, -0.2) is 0 Å². The Morgan fingerprint density at radius 2 is 2.05 bits per heavy atom. The molecule has 0 heterocycles. The predicted molar refractivity (Wildman–Crippen MR) is 76.0 cm³/mol. The zero-order valence-corrected chi connectivity index (χ0v) is 10.5. The molecule has 3 N–H and O–H groups in total. The van der Waals surface area contributed by atoms with Crippen LogP contribution in [0.2, 0.25) is 0 Å². The van der Waals surface area contributed by atoms with Gasteiger partial charge in [0.05, 0.1) is 16.6 Å². The Kier molecular flexibility index (Phi) is 3.82. The van der Waals surface area contributed by atoms with Crippen LogP contribution in [0.1, 0.15) is 11.1 Å². The van der Waals surface area contributed by atoms with Gasteiger partial charge in [-0.15, -0.1) is 0 Å². The molecule has 0 atom stereocenters. The number of nitriles is 1. The molecule has 0 amide bonds. The Balaban J connectivity index is 2.24. The minimum absolute atomic E-state index is 0.126. The first-order chi connectivity index (χ1) is 9.61. The summed E-state index contributed by atoms with van der Waals surface area (Å²) in [5.41, 5.74) is 7.77. The van der Waals surface area contributed by atoms with Crippen LogP contribution in [0.25, 0.3) is 0 Å². The number of nitro groups is 1. The van der Waals surface area contributed by atoms with Crippen molar-refractivity contribution in [2.24, 2.45) is 0 Å². The molecule has 0 aliphatic carbocycles. The summed E-state index contributed by atoms with van der Waals surface area (Å²) in [6, 6.07) is 13.5. The Hall–Kier alpha value is -3.07. The van der Waals surface area contributed by atoms with E-state index in [4.69, 9.17) is 11.0 Å². The van der Waals surface area contributed by atoms with Gasteiger partial charge < -0.3 is 11.1 Å². The van der Waals surface area contributed by atoms with Gasteiger partial charge >= 0.3 is 0 Å². The fourth-order valence-electron chi connectivity index (χ4n) is 1.79. The van der Waals surface area contributed by atoms with E-state index in [0.717, 1.165) is 5.56 Å². The van der Waals surface area contributed by atoms with E-state index in [9.17, 15) is 10.1 Å². The summed E-state index contributed by atoms with van der Waals surface area (Å²) in [6.45, 7) is 0.374. The molecule has 0 aliphatic heterocycles. The van der Waals surface area contributed by atoms with Crippen molar-refractivity contribution >= 4 is 17.1 Å². The number of hydrogen-bond acceptors (Lipinski definition) is 5. The quantitative estimate of drug-likeness (QED) is 0.504. The lowest BCUT2D eigenvalue weighted by molar-refractivity contribution is -0.384. The molecule has 6 heteroatoms. The number of rotatable bonds is 4. The van der Waals surface area contributed by atoms with E-state index >= 15 is 0 Å². The molecular weight excluding hydrogens is 256 g/mol. The lowest BCUT2D eigenvalue weighted by Crippen LogP contribution is -2.05. The van der Waals surface area contributed by atoms with Gasteiger partial charge in [0, 0.05) is 18.3 Å². The molecule has 2 rings (SSSR count). The first-order valence-electron chi connectivity index (χ1n) is 5.87. The third-order valence-corrected chi connectivity index (χ3v) is 2.85. The summed E-state index contributed by atoms with van der Waals surface area (Å²) in [5.74, 6) is 0. The summed E-state index contributed by atoms with van der Waals surface area (Å²) in [5, 5.41) is 22.7. The summed E-state index contributed by atoms with van der Waals surface area (Å²) < 4.78 is 0. The van der Waals surface area contributed by atoms with E-state index < -0.39 is 4.92 Å². The smallest absolute Gasteiger partial charge is 0.293 e. The molecule has 0 bridgehead atoms. The molecule has 6 nitrogen and oxygen atoms in total. The SMILES string of the molecule is N#Cc1ccc(NCc2ccccc2N)c([N+](=O)[O-])c1. The average molecular weight is 268 g/mol. The van der Waals surface area contributed by atoms with Gasteiger partial charge in [0.2, 0.25) is 0 Å². The van der Waals surface area contributed by atoms with Gasteiger partial charge in [-0.2, -0.15) is 5.26 Å². The number of hydrogen-bond donors (Lipinski definition) is 2. The van der Waals surface area contributed by atoms with E-state index in [1.807, 2.05) is 24.3 Å². The van der Waals surface area contributed by atoms with Crippen molar-refractivity contribution < 1.29 is 4.92 Å². The van der Waals surface area contributed by atoms with E-state index in [-0.39, 0.29) is 11.3 Å². The zero-order valence-electron chi connectivity index (χ0n) is 10.5. The van der Waals surface area contributed by atoms with Crippen LogP contribution in [0.5, 0.6) is 0 Å². The summed E-state index contributed by atoms with van der Waals surface area (Å²) in [7, 11) is 0. The minimum Gasteiger partial charge on any atom is -0.398 e. The number of nitrogens with one attached hydrogen (secondary N) is 1. The Morgan fingerprint density at radius 1 is 1.30 bits per heavy atom. The molecule has 0 spiro atoms. The van der Waals surface area contributed by atoms with E-state index in [0.29, 0.717) is 17.9 Å². The summed E-state index contributed by atoms with van der Waals surface area (Å²) in [6.07, 6.45) is 0. The molecule has 0 radical (unpaired) electrons. The average Bonchev–Trinajstić information content (AvgIpc) is 2.46. The fourth-order valence-corrected chi connectivity index (χ4v) is 1.79. The van der Waals surface area contributed by atoms with E-state index in [1.54, 1.807) is 6.07 Å². The molecular formula is C14H12N4O2. The van der Waals surface area contributed by atoms with Crippen molar-refractivity contribution in [2.45, 2.75) is 6.54 Å². The second-order valence-corrected chi connectivity index (χ2v) is 4.15. The highest BCUT2D eigenvalue weighted by atomic mass is 16.6. The minimum atomic E-state index is -0.516. The van der Waals surface area contributed by atoms with E-state index in [2.05, 4.69) is 5.32 Å². The first-order valence-corrected chi connectivity index (χ1v) is 5.87. The highest BCUT2D eigenvalue weighted by molar-refractivity contribution is 5.64. The van der Waals surface area contributed by atoms with Gasteiger partial charge in [0.1, 0.15) is 5.69 Å². The lowest BCUT2D eigenvalue weighted by atomic mass is 10.1. The maximum Gasteiger partial charge on any atom is 0.293 e. The van der Waals surface area contributed by atoms with E-state index in [1.165, 1.54) is 18.2 Å². The Morgan fingerprint density at radius 3 is 2.70 bits per heavy atom. The third-order valence-electron chi connectivity index (χ3n) is 2.85. The molecule has 0 aliphatic rings. The molecule has 0 saturated carbocycles. The number of anilines is 2. The number of nitrogens with zero attached hydrogens (tertiary/aromatic N) is 2. The highest BCUT2D eigenvalue weighted by Gasteiger charge is 2.14. The third kappa shape index (κ3) is 2.84. The largest absolute Gasteiger partial charge is 0.398 e. The van der Waals surface area contributed by atoms with Crippen LogP contribution in [-0.4, -0.2) is 4.92 Å². The van der Waals surface area contributed by atoms with Gasteiger partial charge in [-0.1, -0.05) is 18.2 Å². The molecule has 0 saturated heterocycles. The number of nitrogens with two attached hydrogens (primary N) is 1. The van der Waals surface area contributed by atoms with Gasteiger partial charge in [-0.3, -0.25) is 10.1 Å². The van der Waals surface area contributed by atoms with Crippen molar-refractivity contribution in [3.63, 3.8) is 0 Å². The Bertz CT molecular complexity index is 692. The van der Waals surface area contributed by atoms with Gasteiger partial charge in [0.15, 0.2) is 0 Å². The number of para-hydroxylation sites is 1. The van der Waals surface area contributed by atoms with Gasteiger partial charge in [0.25, 0.3) is 5.69 Å². The molecule has 2 aromatic rings. The maximum atomic E-state index is 11.0. The van der Waals surface area contributed by atoms with Gasteiger partial charge in [-0.05, 0) is 23.8 Å². The van der Waals surface area contributed by atoms with Crippen molar-refractivity contribution in [3.05, 3.63) is 63.7 Å². The number of nitro benzene ring substituents is 1. The molecule has 0 fully saturated rings. The van der Waals surface area contributed by atoms with Crippen LogP contribution in [0, 0.1) is 21.4 Å². The number of nitrogen functional groups attached to an aromatic ring is 1. The molecule has 20 heavy (non-hydrogen) atoms. The van der Waals surface area contributed by atoms with Crippen LogP contribution in [-0.2, 0) is 6.54 Å². The molecule has 2 aromatic carbocycles. The molecule has 0 unspecified atom stereocenters. The second kappa shape index (κ2) is 5.71. The lowest BCUT2D eigenvalue weighted by Gasteiger charge is -2.09. The Labute approximate surface area is 115 Å². The van der Waals surface area contributed by atoms with Crippen LogP contribution in [0.15, 0.2) is 42.5 Å². The summed E-state index contributed by atoms with van der Waals surface area (Å²) in [4.78, 5) is 10.5. The van der Waals surface area contributed by atoms with Crippen LogP contribution in [0.4, 0.5) is 17.1 Å². The van der Waals surface area contributed by atoms with Crippen molar-refractivity contribution in [3.8, 4) is 6.07 Å². The normalized spacial score (nSPS) is 9.75. The first kappa shape index (κ1) is 13.4. The number of benzene rings is 2. The van der Waals surface area contributed by atoms with Crippen molar-refractivity contribution in [1.29, 1.82) is 5.26 Å². The summed E-state index contributed by atoms with van der Waals surface area (Å²) >= 11 is 0.